The highest BCUT2D eigenvalue weighted by atomic mass is 14.8. The molecule has 2 heteroatoms. The second-order valence-electron chi connectivity index (χ2n) is 5.30. The summed E-state index contributed by atoms with van der Waals surface area (Å²) in [4.78, 5) is 4.19. The van der Waals surface area contributed by atoms with Gasteiger partial charge in [0.2, 0.25) is 0 Å². The lowest BCUT2D eigenvalue weighted by Gasteiger charge is -2.48. The van der Waals surface area contributed by atoms with E-state index in [0.29, 0.717) is 0 Å². The average Bonchev–Trinajstić information content (AvgIpc) is 2.24. The second-order valence-corrected chi connectivity index (χ2v) is 5.30. The minimum Gasteiger partial charge on any atom is -0.321 e. The summed E-state index contributed by atoms with van der Waals surface area (Å²) in [5, 5.41) is 0. The zero-order valence-corrected chi connectivity index (χ0v) is 9.66. The van der Waals surface area contributed by atoms with Crippen LogP contribution >= 0.6 is 0 Å². The normalized spacial score (nSPS) is 30.1. The number of hydrogen-bond acceptors (Lipinski definition) is 2. The van der Waals surface area contributed by atoms with Crippen molar-refractivity contribution in [3.63, 3.8) is 0 Å². The summed E-state index contributed by atoms with van der Waals surface area (Å²) in [5.74, 6) is 0. The van der Waals surface area contributed by atoms with Crippen LogP contribution in [0.1, 0.15) is 45.1 Å². The van der Waals surface area contributed by atoms with Gasteiger partial charge in [-0.15, -0.1) is 0 Å². The monoisotopic (exact) mass is 204 g/mol. The summed E-state index contributed by atoms with van der Waals surface area (Å²) in [6, 6.07) is 4.09. The van der Waals surface area contributed by atoms with Crippen LogP contribution in [-0.4, -0.2) is 4.98 Å². The average molecular weight is 204 g/mol. The molecule has 1 saturated carbocycles. The fourth-order valence-electron chi connectivity index (χ4n) is 2.69. The van der Waals surface area contributed by atoms with Gasteiger partial charge < -0.3 is 5.73 Å². The highest BCUT2D eigenvalue weighted by molar-refractivity contribution is 5.24. The summed E-state index contributed by atoms with van der Waals surface area (Å²) in [6.45, 7) is 4.55. The Kier molecular flexibility index (Phi) is 2.55. The van der Waals surface area contributed by atoms with E-state index in [9.17, 15) is 0 Å². The molecule has 0 aromatic carbocycles. The largest absolute Gasteiger partial charge is 0.321 e. The van der Waals surface area contributed by atoms with Gasteiger partial charge in [0.25, 0.3) is 0 Å². The molecule has 1 heterocycles. The van der Waals surface area contributed by atoms with Crippen molar-refractivity contribution >= 4 is 0 Å². The number of pyridine rings is 1. The van der Waals surface area contributed by atoms with Crippen molar-refractivity contribution in [2.24, 2.45) is 11.1 Å². The van der Waals surface area contributed by atoms with E-state index in [2.05, 4.69) is 24.9 Å². The van der Waals surface area contributed by atoms with Crippen molar-refractivity contribution in [2.45, 2.75) is 45.1 Å². The molecule has 0 bridgehead atoms. The van der Waals surface area contributed by atoms with Crippen molar-refractivity contribution in [2.75, 3.05) is 0 Å². The molecule has 1 fully saturated rings. The summed E-state index contributed by atoms with van der Waals surface area (Å²) in [7, 11) is 0. The Morgan fingerprint density at radius 2 is 2.00 bits per heavy atom. The molecule has 82 valence electrons. The smallest absolute Gasteiger partial charge is 0.0476 e. The van der Waals surface area contributed by atoms with Gasteiger partial charge in [0, 0.05) is 17.9 Å². The van der Waals surface area contributed by atoms with Crippen molar-refractivity contribution in [1.29, 1.82) is 0 Å². The highest BCUT2D eigenvalue weighted by Gasteiger charge is 2.44. The van der Waals surface area contributed by atoms with Crippen LogP contribution in [0.5, 0.6) is 0 Å². The molecule has 0 saturated heterocycles. The van der Waals surface area contributed by atoms with Gasteiger partial charge in [-0.2, -0.15) is 0 Å². The highest BCUT2D eigenvalue weighted by Crippen LogP contribution is 2.47. The molecule has 2 N–H and O–H groups in total. The van der Waals surface area contributed by atoms with Crippen LogP contribution in [0.4, 0.5) is 0 Å². The number of nitrogens with two attached hydrogens (primary N) is 1. The predicted octanol–water partition coefficient (Wildman–Crippen LogP) is 2.84. The molecule has 1 aliphatic rings. The molecule has 15 heavy (non-hydrogen) atoms. The Morgan fingerprint density at radius 3 is 2.60 bits per heavy atom. The number of aromatic nitrogens is 1. The van der Waals surface area contributed by atoms with Gasteiger partial charge >= 0.3 is 0 Å². The molecule has 1 unspecified atom stereocenters. The lowest BCUT2D eigenvalue weighted by molar-refractivity contribution is 0.0975. The maximum atomic E-state index is 6.62. The van der Waals surface area contributed by atoms with E-state index >= 15 is 0 Å². The standard InChI is InChI=1S/C13H20N2/c1-12(2)7-3-4-8-13(12,14)11-6-5-9-15-10-11/h5-6,9-10H,3-4,7-8,14H2,1-2H3. The predicted molar refractivity (Wildman–Crippen MR) is 62.4 cm³/mol. The van der Waals surface area contributed by atoms with E-state index in [1.165, 1.54) is 24.8 Å². The molecular formula is C13H20N2. The second kappa shape index (κ2) is 3.60. The molecule has 1 atom stereocenters. The number of hydrogen-bond donors (Lipinski definition) is 1. The van der Waals surface area contributed by atoms with Gasteiger partial charge in [-0.3, -0.25) is 4.98 Å². The molecule has 1 aliphatic carbocycles. The SMILES string of the molecule is CC1(C)CCCCC1(N)c1cccnc1. The van der Waals surface area contributed by atoms with Gasteiger partial charge in [-0.25, -0.2) is 0 Å². The summed E-state index contributed by atoms with van der Waals surface area (Å²) < 4.78 is 0. The first kappa shape index (κ1) is 10.6. The molecule has 1 aromatic rings. The number of nitrogens with zero attached hydrogens (tertiary/aromatic N) is 1. The van der Waals surface area contributed by atoms with Crippen molar-refractivity contribution in [1.82, 2.24) is 4.98 Å². The first-order valence-corrected chi connectivity index (χ1v) is 5.76. The Balaban J connectivity index is 2.40. The third-order valence-corrected chi connectivity index (χ3v) is 4.01. The van der Waals surface area contributed by atoms with E-state index in [0.717, 1.165) is 6.42 Å². The quantitative estimate of drug-likeness (QED) is 0.764. The van der Waals surface area contributed by atoms with E-state index in [4.69, 9.17) is 5.73 Å². The summed E-state index contributed by atoms with van der Waals surface area (Å²) >= 11 is 0. The van der Waals surface area contributed by atoms with Gasteiger partial charge in [-0.1, -0.05) is 32.8 Å². The van der Waals surface area contributed by atoms with Crippen LogP contribution in [0.2, 0.25) is 0 Å². The van der Waals surface area contributed by atoms with E-state index in [-0.39, 0.29) is 11.0 Å². The zero-order valence-electron chi connectivity index (χ0n) is 9.66. The molecule has 2 rings (SSSR count). The molecule has 0 radical (unpaired) electrons. The van der Waals surface area contributed by atoms with Crippen molar-refractivity contribution < 1.29 is 0 Å². The molecule has 0 spiro atoms. The fraction of sp³-hybridized carbons (Fsp3) is 0.615. The van der Waals surface area contributed by atoms with E-state index in [1.807, 2.05) is 18.5 Å². The maximum absolute atomic E-state index is 6.62. The maximum Gasteiger partial charge on any atom is 0.0476 e. The topological polar surface area (TPSA) is 38.9 Å². The van der Waals surface area contributed by atoms with Crippen LogP contribution < -0.4 is 5.73 Å². The Hall–Kier alpha value is -0.890. The Morgan fingerprint density at radius 1 is 1.27 bits per heavy atom. The van der Waals surface area contributed by atoms with Crippen molar-refractivity contribution in [3.05, 3.63) is 30.1 Å². The van der Waals surface area contributed by atoms with Crippen molar-refractivity contribution in [3.8, 4) is 0 Å². The molecule has 0 aliphatic heterocycles. The molecule has 2 nitrogen and oxygen atoms in total. The Labute approximate surface area is 91.9 Å². The van der Waals surface area contributed by atoms with Gasteiger partial charge in [-0.05, 0) is 29.9 Å². The van der Waals surface area contributed by atoms with Gasteiger partial charge in [0.15, 0.2) is 0 Å². The molecule has 1 aromatic heterocycles. The minimum absolute atomic E-state index is 0.175. The molecular weight excluding hydrogens is 184 g/mol. The Bertz CT molecular complexity index is 332. The summed E-state index contributed by atoms with van der Waals surface area (Å²) in [6.07, 6.45) is 8.54. The van der Waals surface area contributed by atoms with Gasteiger partial charge in [0.05, 0.1) is 0 Å². The molecule has 0 amide bonds. The third-order valence-electron chi connectivity index (χ3n) is 4.01. The van der Waals surface area contributed by atoms with E-state index in [1.54, 1.807) is 0 Å². The zero-order chi connectivity index (χ0) is 10.9. The van der Waals surface area contributed by atoms with E-state index < -0.39 is 0 Å². The van der Waals surface area contributed by atoms with Crippen LogP contribution in [0.15, 0.2) is 24.5 Å². The number of rotatable bonds is 1. The minimum atomic E-state index is -0.195. The lowest BCUT2D eigenvalue weighted by atomic mass is 9.61. The van der Waals surface area contributed by atoms with Gasteiger partial charge in [0.1, 0.15) is 0 Å². The fourth-order valence-corrected chi connectivity index (χ4v) is 2.69. The third kappa shape index (κ3) is 1.67. The van der Waals surface area contributed by atoms with Crippen LogP contribution in [0.3, 0.4) is 0 Å². The summed E-state index contributed by atoms with van der Waals surface area (Å²) in [5.41, 5.74) is 7.79. The first-order valence-electron chi connectivity index (χ1n) is 5.76. The first-order chi connectivity index (χ1) is 7.06. The van der Waals surface area contributed by atoms with Crippen LogP contribution in [-0.2, 0) is 5.54 Å². The van der Waals surface area contributed by atoms with Crippen LogP contribution in [0, 0.1) is 5.41 Å². The lowest BCUT2D eigenvalue weighted by Crippen LogP contribution is -2.51. The van der Waals surface area contributed by atoms with Crippen LogP contribution in [0.25, 0.3) is 0 Å².